The highest BCUT2D eigenvalue weighted by atomic mass is 32.2. The van der Waals surface area contributed by atoms with Gasteiger partial charge in [0.1, 0.15) is 0 Å². The molecule has 0 radical (unpaired) electrons. The van der Waals surface area contributed by atoms with E-state index >= 15 is 0 Å². The molecule has 2 aromatic carbocycles. The molecular formula is C23H23N3O4S. The molecule has 1 atom stereocenters. The maximum atomic E-state index is 13.4. The van der Waals surface area contributed by atoms with E-state index in [-0.39, 0.29) is 11.7 Å². The number of fused-ring (bicyclic) bond motifs is 3. The molecule has 3 heterocycles. The summed E-state index contributed by atoms with van der Waals surface area (Å²) in [6.07, 6.45) is 0. The summed E-state index contributed by atoms with van der Waals surface area (Å²) in [6.45, 7) is 2.63. The first-order valence-corrected chi connectivity index (χ1v) is 11.5. The molecule has 0 N–H and O–H groups in total. The van der Waals surface area contributed by atoms with Crippen LogP contribution in [0.15, 0.2) is 53.4 Å². The predicted molar refractivity (Wildman–Crippen MR) is 117 cm³/mol. The van der Waals surface area contributed by atoms with Gasteiger partial charge in [0, 0.05) is 36.2 Å². The van der Waals surface area contributed by atoms with Crippen molar-refractivity contribution in [3.8, 4) is 16.9 Å². The van der Waals surface area contributed by atoms with Gasteiger partial charge in [0.05, 0.1) is 47.8 Å². The average molecular weight is 438 g/mol. The molecule has 0 saturated carbocycles. The molecular weight excluding hydrogens is 414 g/mol. The number of ether oxygens (including phenoxy) is 2. The van der Waals surface area contributed by atoms with Gasteiger partial charge >= 0.3 is 0 Å². The number of hydrogen-bond acceptors (Lipinski definition) is 5. The molecule has 7 nitrogen and oxygen atoms in total. The van der Waals surface area contributed by atoms with Gasteiger partial charge in [-0.3, -0.25) is 9.00 Å². The van der Waals surface area contributed by atoms with Gasteiger partial charge in [0.15, 0.2) is 5.69 Å². The summed E-state index contributed by atoms with van der Waals surface area (Å²) in [4.78, 5) is 15.9. The highest BCUT2D eigenvalue weighted by Crippen LogP contribution is 2.39. The Kier molecular flexibility index (Phi) is 5.43. The van der Waals surface area contributed by atoms with Gasteiger partial charge in [-0.15, -0.1) is 0 Å². The Morgan fingerprint density at radius 2 is 1.87 bits per heavy atom. The third kappa shape index (κ3) is 3.60. The summed E-state index contributed by atoms with van der Waals surface area (Å²) in [5, 5.41) is 4.77. The minimum absolute atomic E-state index is 0.134. The van der Waals surface area contributed by atoms with Gasteiger partial charge in [-0.25, -0.2) is 4.68 Å². The second kappa shape index (κ2) is 8.37. The van der Waals surface area contributed by atoms with Gasteiger partial charge in [-0.1, -0.05) is 30.3 Å². The van der Waals surface area contributed by atoms with Crippen LogP contribution in [0, 0.1) is 0 Å². The van der Waals surface area contributed by atoms with Crippen LogP contribution in [-0.4, -0.2) is 58.2 Å². The maximum Gasteiger partial charge on any atom is 0.274 e. The molecule has 2 aliphatic rings. The van der Waals surface area contributed by atoms with Gasteiger partial charge < -0.3 is 14.4 Å². The lowest BCUT2D eigenvalue weighted by Crippen LogP contribution is -2.41. The van der Waals surface area contributed by atoms with Crippen molar-refractivity contribution in [1.82, 2.24) is 14.7 Å². The van der Waals surface area contributed by atoms with Crippen molar-refractivity contribution in [2.45, 2.75) is 17.3 Å². The summed E-state index contributed by atoms with van der Waals surface area (Å²) >= 11 is 0. The largest absolute Gasteiger partial charge is 0.380 e. The van der Waals surface area contributed by atoms with E-state index in [4.69, 9.17) is 14.6 Å². The number of methoxy groups -OCH3 is 1. The Bertz CT molecular complexity index is 1150. The Morgan fingerprint density at radius 1 is 1.13 bits per heavy atom. The van der Waals surface area contributed by atoms with E-state index < -0.39 is 10.8 Å². The monoisotopic (exact) mass is 437 g/mol. The lowest BCUT2D eigenvalue weighted by atomic mass is 10.0. The van der Waals surface area contributed by atoms with E-state index in [9.17, 15) is 9.00 Å². The number of morpholine rings is 1. The molecule has 0 bridgehead atoms. The fraction of sp³-hybridized carbons (Fsp3) is 0.304. The van der Waals surface area contributed by atoms with Crippen LogP contribution in [0.25, 0.3) is 16.9 Å². The summed E-state index contributed by atoms with van der Waals surface area (Å²) in [5.41, 5.74) is 4.72. The summed E-state index contributed by atoms with van der Waals surface area (Å²) < 4.78 is 25.4. The quantitative estimate of drug-likeness (QED) is 0.628. The van der Waals surface area contributed by atoms with E-state index in [1.807, 2.05) is 53.2 Å². The van der Waals surface area contributed by atoms with E-state index in [2.05, 4.69) is 0 Å². The molecule has 1 aromatic heterocycles. The number of hydrogen-bond donors (Lipinski definition) is 0. The minimum atomic E-state index is -1.22. The molecule has 0 aliphatic carbocycles. The molecule has 1 unspecified atom stereocenters. The lowest BCUT2D eigenvalue weighted by Gasteiger charge is -2.26. The van der Waals surface area contributed by atoms with Crippen molar-refractivity contribution in [3.05, 3.63) is 65.4 Å². The van der Waals surface area contributed by atoms with Crippen LogP contribution in [0.3, 0.4) is 0 Å². The number of rotatable bonds is 4. The molecule has 8 heteroatoms. The van der Waals surface area contributed by atoms with E-state index in [1.54, 1.807) is 12.0 Å². The van der Waals surface area contributed by atoms with Crippen molar-refractivity contribution in [1.29, 1.82) is 0 Å². The number of aromatic nitrogens is 2. The van der Waals surface area contributed by atoms with E-state index in [1.165, 1.54) is 0 Å². The van der Waals surface area contributed by atoms with Crippen molar-refractivity contribution in [2.75, 3.05) is 33.4 Å². The SMILES string of the molecule is COCc1ccc(-n2nc(C(=O)N3CCOCC3)c3c2-c2ccccc2S(=O)C3)cc1. The first-order chi connectivity index (χ1) is 15.2. The van der Waals surface area contributed by atoms with Crippen molar-refractivity contribution in [3.63, 3.8) is 0 Å². The second-order valence-electron chi connectivity index (χ2n) is 7.58. The standard InChI is InChI=1S/C23H23N3O4S/c1-29-14-16-6-8-17(9-7-16)26-22-18-4-2-3-5-20(18)31(28)15-19(22)21(24-26)23(27)25-10-12-30-13-11-25/h2-9H,10-15H2,1H3. The Balaban J connectivity index is 1.66. The molecule has 160 valence electrons. The molecule has 5 rings (SSSR count). The first kappa shape index (κ1) is 20.1. The molecule has 2 aliphatic heterocycles. The summed E-state index contributed by atoms with van der Waals surface area (Å²) in [7, 11) is 0.442. The average Bonchev–Trinajstić information content (AvgIpc) is 3.19. The number of amides is 1. The first-order valence-electron chi connectivity index (χ1n) is 10.2. The molecule has 0 spiro atoms. The maximum absolute atomic E-state index is 13.4. The van der Waals surface area contributed by atoms with Gasteiger partial charge in [-0.2, -0.15) is 5.10 Å². The van der Waals surface area contributed by atoms with Crippen LogP contribution < -0.4 is 0 Å². The Labute approximate surface area is 183 Å². The lowest BCUT2D eigenvalue weighted by molar-refractivity contribution is 0.0298. The van der Waals surface area contributed by atoms with Crippen molar-refractivity contribution >= 4 is 16.7 Å². The van der Waals surface area contributed by atoms with Crippen LogP contribution in [0.4, 0.5) is 0 Å². The molecule has 1 saturated heterocycles. The zero-order chi connectivity index (χ0) is 21.4. The highest BCUT2D eigenvalue weighted by Gasteiger charge is 2.33. The van der Waals surface area contributed by atoms with Gasteiger partial charge in [-0.05, 0) is 23.8 Å². The smallest absolute Gasteiger partial charge is 0.274 e. The fourth-order valence-corrected chi connectivity index (χ4v) is 5.44. The fourth-order valence-electron chi connectivity index (χ4n) is 4.11. The Hall–Kier alpha value is -2.81. The number of nitrogens with zero attached hydrogens (tertiary/aromatic N) is 3. The third-order valence-electron chi connectivity index (χ3n) is 5.64. The summed E-state index contributed by atoms with van der Waals surface area (Å²) in [6, 6.07) is 15.6. The Morgan fingerprint density at radius 3 is 2.61 bits per heavy atom. The molecule has 31 heavy (non-hydrogen) atoms. The van der Waals surface area contributed by atoms with Crippen LogP contribution >= 0.6 is 0 Å². The zero-order valence-corrected chi connectivity index (χ0v) is 18.1. The van der Waals surface area contributed by atoms with Crippen LogP contribution in [-0.2, 0) is 32.6 Å². The van der Waals surface area contributed by atoms with Crippen LogP contribution in [0.2, 0.25) is 0 Å². The number of carbonyl (C=O) groups excluding carboxylic acids is 1. The zero-order valence-electron chi connectivity index (χ0n) is 17.2. The third-order valence-corrected chi connectivity index (χ3v) is 7.04. The second-order valence-corrected chi connectivity index (χ2v) is 9.00. The molecule has 1 fully saturated rings. The van der Waals surface area contributed by atoms with Gasteiger partial charge in [0.25, 0.3) is 5.91 Å². The predicted octanol–water partition coefficient (Wildman–Crippen LogP) is 2.78. The summed E-state index contributed by atoms with van der Waals surface area (Å²) in [5.74, 6) is 0.144. The van der Waals surface area contributed by atoms with Crippen LogP contribution in [0.5, 0.6) is 0 Å². The topological polar surface area (TPSA) is 73.7 Å². The van der Waals surface area contributed by atoms with E-state index in [0.29, 0.717) is 38.6 Å². The molecule has 1 amide bonds. The number of benzene rings is 2. The normalized spacial score (nSPS) is 17.8. The van der Waals surface area contributed by atoms with Gasteiger partial charge in [0.2, 0.25) is 0 Å². The highest BCUT2D eigenvalue weighted by molar-refractivity contribution is 7.84. The minimum Gasteiger partial charge on any atom is -0.380 e. The van der Waals surface area contributed by atoms with Crippen molar-refractivity contribution in [2.24, 2.45) is 0 Å². The number of carbonyl (C=O) groups is 1. The van der Waals surface area contributed by atoms with E-state index in [0.717, 1.165) is 33.0 Å². The van der Waals surface area contributed by atoms with Crippen LogP contribution in [0.1, 0.15) is 21.6 Å². The molecule has 3 aromatic rings. The van der Waals surface area contributed by atoms with Crippen molar-refractivity contribution < 1.29 is 18.5 Å².